The number of nitrogens with one attached hydrogen (secondary N) is 1. The van der Waals surface area contributed by atoms with Crippen LogP contribution in [0.25, 0.3) is 0 Å². The van der Waals surface area contributed by atoms with Crippen molar-refractivity contribution in [1.29, 1.82) is 0 Å². The molecular weight excluding hydrogens is 270 g/mol. The first kappa shape index (κ1) is 15.6. The molecule has 0 aromatic carbocycles. The molecular formula is C12H21NO3S2. The lowest BCUT2D eigenvalue weighted by Gasteiger charge is -2.17. The van der Waals surface area contributed by atoms with Gasteiger partial charge >= 0.3 is 0 Å². The summed E-state index contributed by atoms with van der Waals surface area (Å²) in [6.45, 7) is 7.71. The zero-order valence-electron chi connectivity index (χ0n) is 11.2. The van der Waals surface area contributed by atoms with Gasteiger partial charge in [0.25, 0.3) is 0 Å². The SMILES string of the molecule is CC[C@@H](C)[C@H](O)CNS(=O)(=O)c1cc(C)c(C)s1. The van der Waals surface area contributed by atoms with Crippen LogP contribution in [0.5, 0.6) is 0 Å². The summed E-state index contributed by atoms with van der Waals surface area (Å²) in [5.41, 5.74) is 0.975. The number of rotatable bonds is 6. The Morgan fingerprint density at radius 1 is 1.44 bits per heavy atom. The zero-order chi connectivity index (χ0) is 13.9. The molecule has 0 fully saturated rings. The van der Waals surface area contributed by atoms with Crippen LogP contribution in [0.2, 0.25) is 0 Å². The summed E-state index contributed by atoms with van der Waals surface area (Å²) in [5.74, 6) is 0.0829. The van der Waals surface area contributed by atoms with Crippen LogP contribution in [-0.4, -0.2) is 26.2 Å². The minimum Gasteiger partial charge on any atom is -0.391 e. The minimum absolute atomic E-state index is 0.0628. The smallest absolute Gasteiger partial charge is 0.250 e. The standard InChI is InChI=1S/C12H21NO3S2/c1-5-8(2)11(14)7-13-18(15,16)12-6-9(3)10(4)17-12/h6,8,11,13-14H,5,7H2,1-4H3/t8-,11-/m1/s1. The lowest BCUT2D eigenvalue weighted by molar-refractivity contribution is 0.118. The van der Waals surface area contributed by atoms with E-state index >= 15 is 0 Å². The molecule has 18 heavy (non-hydrogen) atoms. The molecule has 104 valence electrons. The van der Waals surface area contributed by atoms with E-state index in [0.717, 1.165) is 16.9 Å². The Kier molecular flexibility index (Phi) is 5.33. The Morgan fingerprint density at radius 2 is 2.06 bits per heavy atom. The first-order valence-electron chi connectivity index (χ1n) is 6.02. The van der Waals surface area contributed by atoms with Crippen LogP contribution in [0.3, 0.4) is 0 Å². The van der Waals surface area contributed by atoms with Crippen LogP contribution in [0.1, 0.15) is 30.7 Å². The maximum absolute atomic E-state index is 12.0. The van der Waals surface area contributed by atoms with E-state index in [0.29, 0.717) is 4.21 Å². The Morgan fingerprint density at radius 3 is 2.50 bits per heavy atom. The third kappa shape index (κ3) is 3.78. The molecule has 1 aromatic rings. The quantitative estimate of drug-likeness (QED) is 0.843. The lowest BCUT2D eigenvalue weighted by atomic mass is 10.0. The third-order valence-electron chi connectivity index (χ3n) is 3.19. The van der Waals surface area contributed by atoms with E-state index in [1.165, 1.54) is 11.3 Å². The highest BCUT2D eigenvalue weighted by Gasteiger charge is 2.20. The number of aryl methyl sites for hydroxylation is 2. The van der Waals surface area contributed by atoms with Gasteiger partial charge in [0.2, 0.25) is 10.0 Å². The Balaban J connectivity index is 2.71. The number of thiophene rings is 1. The van der Waals surface area contributed by atoms with Gasteiger partial charge in [0.15, 0.2) is 0 Å². The van der Waals surface area contributed by atoms with Crippen LogP contribution >= 0.6 is 11.3 Å². The van der Waals surface area contributed by atoms with Crippen LogP contribution in [0.4, 0.5) is 0 Å². The van der Waals surface area contributed by atoms with Crippen molar-refractivity contribution in [1.82, 2.24) is 4.72 Å². The van der Waals surface area contributed by atoms with Gasteiger partial charge in [-0.3, -0.25) is 0 Å². The van der Waals surface area contributed by atoms with Gasteiger partial charge in [-0.05, 0) is 31.4 Å². The van der Waals surface area contributed by atoms with E-state index in [1.54, 1.807) is 6.07 Å². The Hall–Kier alpha value is -0.430. The molecule has 1 heterocycles. The number of aliphatic hydroxyl groups is 1. The predicted octanol–water partition coefficient (Wildman–Crippen LogP) is 2.05. The molecule has 2 N–H and O–H groups in total. The molecule has 0 saturated carbocycles. The lowest BCUT2D eigenvalue weighted by Crippen LogP contribution is -2.35. The highest BCUT2D eigenvalue weighted by atomic mass is 32.2. The van der Waals surface area contributed by atoms with Gasteiger partial charge in [0.1, 0.15) is 4.21 Å². The molecule has 0 saturated heterocycles. The number of aliphatic hydroxyl groups excluding tert-OH is 1. The van der Waals surface area contributed by atoms with Crippen LogP contribution in [0, 0.1) is 19.8 Å². The molecule has 0 aliphatic rings. The summed E-state index contributed by atoms with van der Waals surface area (Å²) in [4.78, 5) is 0.998. The van der Waals surface area contributed by atoms with Crippen molar-refractivity contribution in [2.75, 3.05) is 6.54 Å². The summed E-state index contributed by atoms with van der Waals surface area (Å²) in [6, 6.07) is 1.66. The van der Waals surface area contributed by atoms with Crippen molar-refractivity contribution in [2.45, 2.75) is 44.4 Å². The average molecular weight is 291 g/mol. The van der Waals surface area contributed by atoms with Crippen molar-refractivity contribution in [3.8, 4) is 0 Å². The maximum Gasteiger partial charge on any atom is 0.250 e. The number of hydrogen-bond acceptors (Lipinski definition) is 4. The first-order valence-corrected chi connectivity index (χ1v) is 8.32. The molecule has 0 aliphatic carbocycles. The second-order valence-electron chi connectivity index (χ2n) is 4.61. The first-order chi connectivity index (χ1) is 8.27. The molecule has 0 aliphatic heterocycles. The van der Waals surface area contributed by atoms with Crippen molar-refractivity contribution < 1.29 is 13.5 Å². The molecule has 2 atom stereocenters. The summed E-state index contributed by atoms with van der Waals surface area (Å²) in [5, 5.41) is 9.76. The molecule has 0 bridgehead atoms. The van der Waals surface area contributed by atoms with E-state index in [9.17, 15) is 13.5 Å². The summed E-state index contributed by atoms with van der Waals surface area (Å²) < 4.78 is 26.8. The van der Waals surface area contributed by atoms with E-state index in [2.05, 4.69) is 4.72 Å². The average Bonchev–Trinajstić information content (AvgIpc) is 2.66. The van der Waals surface area contributed by atoms with Gasteiger partial charge < -0.3 is 5.11 Å². The van der Waals surface area contributed by atoms with Gasteiger partial charge in [-0.2, -0.15) is 0 Å². The van der Waals surface area contributed by atoms with Gasteiger partial charge in [0, 0.05) is 11.4 Å². The van der Waals surface area contributed by atoms with Crippen LogP contribution in [-0.2, 0) is 10.0 Å². The Labute approximate surface area is 113 Å². The number of sulfonamides is 1. The molecule has 1 aromatic heterocycles. The minimum atomic E-state index is -3.49. The molecule has 0 amide bonds. The van der Waals surface area contributed by atoms with E-state index in [-0.39, 0.29) is 12.5 Å². The van der Waals surface area contributed by atoms with Crippen molar-refractivity contribution >= 4 is 21.4 Å². The van der Waals surface area contributed by atoms with Crippen molar-refractivity contribution in [3.05, 3.63) is 16.5 Å². The maximum atomic E-state index is 12.0. The van der Waals surface area contributed by atoms with Gasteiger partial charge in [0.05, 0.1) is 6.10 Å². The molecule has 0 radical (unpaired) electrons. The molecule has 1 rings (SSSR count). The fourth-order valence-electron chi connectivity index (χ4n) is 1.41. The largest absolute Gasteiger partial charge is 0.391 e. The molecule has 4 nitrogen and oxygen atoms in total. The predicted molar refractivity (Wildman–Crippen MR) is 74.4 cm³/mol. The van der Waals surface area contributed by atoms with Crippen LogP contribution in [0.15, 0.2) is 10.3 Å². The molecule has 0 spiro atoms. The van der Waals surface area contributed by atoms with E-state index in [1.807, 2.05) is 27.7 Å². The second-order valence-corrected chi connectivity index (χ2v) is 7.86. The monoisotopic (exact) mass is 291 g/mol. The third-order valence-corrected chi connectivity index (χ3v) is 6.24. The number of hydrogen-bond donors (Lipinski definition) is 2. The van der Waals surface area contributed by atoms with E-state index < -0.39 is 16.1 Å². The van der Waals surface area contributed by atoms with E-state index in [4.69, 9.17) is 0 Å². The Bertz CT molecular complexity index is 474. The fraction of sp³-hybridized carbons (Fsp3) is 0.667. The van der Waals surface area contributed by atoms with Crippen LogP contribution < -0.4 is 4.72 Å². The fourth-order valence-corrected chi connectivity index (χ4v) is 4.02. The van der Waals surface area contributed by atoms with Gasteiger partial charge in [-0.25, -0.2) is 13.1 Å². The molecule has 6 heteroatoms. The zero-order valence-corrected chi connectivity index (χ0v) is 12.9. The van der Waals surface area contributed by atoms with Crippen molar-refractivity contribution in [3.63, 3.8) is 0 Å². The highest BCUT2D eigenvalue weighted by molar-refractivity contribution is 7.91. The summed E-state index contributed by atoms with van der Waals surface area (Å²) in [7, 11) is -3.49. The normalized spacial score (nSPS) is 15.6. The highest BCUT2D eigenvalue weighted by Crippen LogP contribution is 2.24. The topological polar surface area (TPSA) is 66.4 Å². The molecule has 0 unspecified atom stereocenters. The van der Waals surface area contributed by atoms with Gasteiger partial charge in [-0.15, -0.1) is 11.3 Å². The van der Waals surface area contributed by atoms with Crippen molar-refractivity contribution in [2.24, 2.45) is 5.92 Å². The second kappa shape index (κ2) is 6.14. The summed E-state index contributed by atoms with van der Waals surface area (Å²) in [6.07, 6.45) is 0.173. The van der Waals surface area contributed by atoms with Gasteiger partial charge in [-0.1, -0.05) is 20.3 Å². The summed E-state index contributed by atoms with van der Waals surface area (Å²) >= 11 is 1.26.